The van der Waals surface area contributed by atoms with Gasteiger partial charge in [0.1, 0.15) is 5.75 Å². The van der Waals surface area contributed by atoms with Gasteiger partial charge in [-0.25, -0.2) is 5.84 Å². The van der Waals surface area contributed by atoms with Crippen molar-refractivity contribution in [2.24, 2.45) is 5.84 Å². The lowest BCUT2D eigenvalue weighted by atomic mass is 10.1. The summed E-state index contributed by atoms with van der Waals surface area (Å²) < 4.78 is 0. The highest BCUT2D eigenvalue weighted by molar-refractivity contribution is 7.98. The number of thioether (sulfide) groups is 1. The summed E-state index contributed by atoms with van der Waals surface area (Å²) in [5.74, 6) is 5.94. The first-order valence-electron chi connectivity index (χ1n) is 6.17. The van der Waals surface area contributed by atoms with Crippen LogP contribution in [0.2, 0.25) is 0 Å². The van der Waals surface area contributed by atoms with E-state index in [0.717, 1.165) is 21.8 Å². The molecule has 0 fully saturated rings. The van der Waals surface area contributed by atoms with Crippen molar-refractivity contribution in [2.75, 3.05) is 0 Å². The van der Waals surface area contributed by atoms with Gasteiger partial charge in [-0.15, -0.1) is 11.8 Å². The predicted octanol–water partition coefficient (Wildman–Crippen LogP) is 2.22. The summed E-state index contributed by atoms with van der Waals surface area (Å²) in [4.78, 5) is 12.4. The number of hydrazine groups is 1. The van der Waals surface area contributed by atoms with E-state index in [1.54, 1.807) is 23.9 Å². The number of carbonyl (C=O) groups is 1. The molecule has 0 saturated carbocycles. The lowest BCUT2D eigenvalue weighted by Gasteiger charge is -2.08. The lowest BCUT2D eigenvalue weighted by molar-refractivity contribution is -0.120. The number of nitrogens with two attached hydrogens (primary N) is 1. The predicted molar refractivity (Wildman–Crippen MR) is 80.1 cm³/mol. The van der Waals surface area contributed by atoms with E-state index in [1.807, 2.05) is 36.4 Å². The van der Waals surface area contributed by atoms with Crippen LogP contribution in [0.5, 0.6) is 5.75 Å². The Morgan fingerprint density at radius 3 is 2.40 bits per heavy atom. The monoisotopic (exact) mass is 288 g/mol. The van der Waals surface area contributed by atoms with Crippen LogP contribution in [0.3, 0.4) is 0 Å². The molecular weight excluding hydrogens is 272 g/mol. The molecule has 0 saturated heterocycles. The highest BCUT2D eigenvalue weighted by Crippen LogP contribution is 2.26. The minimum Gasteiger partial charge on any atom is -0.508 e. The first-order valence-corrected chi connectivity index (χ1v) is 7.15. The third-order valence-electron chi connectivity index (χ3n) is 2.86. The molecule has 0 spiro atoms. The maximum atomic E-state index is 11.4. The zero-order chi connectivity index (χ0) is 14.4. The first-order chi connectivity index (χ1) is 9.69. The van der Waals surface area contributed by atoms with Crippen LogP contribution >= 0.6 is 11.8 Å². The number of aromatic hydroxyl groups is 1. The third kappa shape index (κ3) is 4.01. The second-order valence-corrected chi connectivity index (χ2v) is 5.34. The standard InChI is InChI=1S/C15H16N2O2S/c16-17-15(19)9-11-3-1-2-4-12(11)10-20-14-7-5-13(18)6-8-14/h1-8,18H,9-10,16H2,(H,17,19). The number of carbonyl (C=O) groups excluding carboxylic acids is 1. The third-order valence-corrected chi connectivity index (χ3v) is 3.92. The first kappa shape index (κ1) is 14.4. The fourth-order valence-electron chi connectivity index (χ4n) is 1.80. The van der Waals surface area contributed by atoms with E-state index in [4.69, 9.17) is 5.84 Å². The summed E-state index contributed by atoms with van der Waals surface area (Å²) in [5, 5.41) is 9.25. The molecule has 0 heterocycles. The van der Waals surface area contributed by atoms with Crippen molar-refractivity contribution in [2.45, 2.75) is 17.1 Å². The van der Waals surface area contributed by atoms with E-state index < -0.39 is 0 Å². The number of hydrogen-bond acceptors (Lipinski definition) is 4. The Balaban J connectivity index is 2.05. The maximum Gasteiger partial charge on any atom is 0.238 e. The van der Waals surface area contributed by atoms with Crippen molar-refractivity contribution in [3.8, 4) is 5.75 Å². The van der Waals surface area contributed by atoms with E-state index in [9.17, 15) is 9.90 Å². The molecule has 0 unspecified atom stereocenters. The minimum atomic E-state index is -0.202. The van der Waals surface area contributed by atoms with Gasteiger partial charge >= 0.3 is 0 Å². The summed E-state index contributed by atoms with van der Waals surface area (Å²) >= 11 is 1.66. The minimum absolute atomic E-state index is 0.202. The zero-order valence-electron chi connectivity index (χ0n) is 10.9. The Labute approximate surface area is 122 Å². The molecule has 104 valence electrons. The zero-order valence-corrected chi connectivity index (χ0v) is 11.7. The molecule has 20 heavy (non-hydrogen) atoms. The van der Waals surface area contributed by atoms with E-state index in [0.29, 0.717) is 0 Å². The van der Waals surface area contributed by atoms with Gasteiger partial charge in [-0.05, 0) is 35.4 Å². The normalized spacial score (nSPS) is 10.2. The molecule has 0 aromatic heterocycles. The second kappa shape index (κ2) is 6.98. The van der Waals surface area contributed by atoms with Gasteiger partial charge in [0.25, 0.3) is 0 Å². The van der Waals surface area contributed by atoms with Crippen molar-refractivity contribution in [1.29, 1.82) is 0 Å². The molecule has 4 N–H and O–H groups in total. The van der Waals surface area contributed by atoms with Gasteiger partial charge in [0.15, 0.2) is 0 Å². The summed E-state index contributed by atoms with van der Waals surface area (Å²) in [5.41, 5.74) is 4.23. The highest BCUT2D eigenvalue weighted by atomic mass is 32.2. The van der Waals surface area contributed by atoms with Crippen molar-refractivity contribution in [1.82, 2.24) is 5.43 Å². The molecule has 0 bridgehead atoms. The molecule has 0 atom stereocenters. The molecule has 2 rings (SSSR count). The van der Waals surface area contributed by atoms with Crippen LogP contribution in [0.4, 0.5) is 0 Å². The van der Waals surface area contributed by atoms with E-state index >= 15 is 0 Å². The number of hydrogen-bond donors (Lipinski definition) is 3. The average Bonchev–Trinajstić information content (AvgIpc) is 2.48. The summed E-state index contributed by atoms with van der Waals surface area (Å²) in [6, 6.07) is 14.9. The van der Waals surface area contributed by atoms with E-state index in [1.165, 1.54) is 0 Å². The van der Waals surface area contributed by atoms with Crippen molar-refractivity contribution >= 4 is 17.7 Å². The van der Waals surface area contributed by atoms with Crippen LogP contribution < -0.4 is 11.3 Å². The fourth-order valence-corrected chi connectivity index (χ4v) is 2.73. The summed E-state index contributed by atoms with van der Waals surface area (Å²) in [6.07, 6.45) is 0.281. The molecule has 0 radical (unpaired) electrons. The second-order valence-electron chi connectivity index (χ2n) is 4.30. The maximum absolute atomic E-state index is 11.4. The molecular formula is C15H16N2O2S. The smallest absolute Gasteiger partial charge is 0.238 e. The number of nitrogens with one attached hydrogen (secondary N) is 1. The Morgan fingerprint density at radius 1 is 1.10 bits per heavy atom. The molecule has 2 aromatic carbocycles. The average molecular weight is 288 g/mol. The molecule has 4 nitrogen and oxygen atoms in total. The largest absolute Gasteiger partial charge is 0.508 e. The Kier molecular flexibility index (Phi) is 5.03. The van der Waals surface area contributed by atoms with Crippen molar-refractivity contribution in [3.05, 3.63) is 59.7 Å². The van der Waals surface area contributed by atoms with Gasteiger partial charge in [-0.1, -0.05) is 24.3 Å². The number of phenolic OH excluding ortho intramolecular Hbond substituents is 1. The van der Waals surface area contributed by atoms with E-state index in [-0.39, 0.29) is 18.1 Å². The summed E-state index contributed by atoms with van der Waals surface area (Å²) in [6.45, 7) is 0. The summed E-state index contributed by atoms with van der Waals surface area (Å²) in [7, 11) is 0. The van der Waals surface area contributed by atoms with Gasteiger partial charge in [0, 0.05) is 10.6 Å². The Hall–Kier alpha value is -1.98. The van der Waals surface area contributed by atoms with Gasteiger partial charge in [0.2, 0.25) is 5.91 Å². The van der Waals surface area contributed by atoms with Crippen LogP contribution in [0.1, 0.15) is 11.1 Å². The molecule has 2 aromatic rings. The van der Waals surface area contributed by atoms with Crippen LogP contribution in [0, 0.1) is 0 Å². The van der Waals surface area contributed by atoms with Gasteiger partial charge in [0.05, 0.1) is 6.42 Å². The molecule has 0 aliphatic heterocycles. The lowest BCUT2D eigenvalue weighted by Crippen LogP contribution is -2.31. The SMILES string of the molecule is NNC(=O)Cc1ccccc1CSc1ccc(O)cc1. The Bertz CT molecular complexity index is 585. The quantitative estimate of drug-likeness (QED) is 0.341. The van der Waals surface area contributed by atoms with Crippen LogP contribution in [0.25, 0.3) is 0 Å². The van der Waals surface area contributed by atoms with E-state index in [2.05, 4.69) is 5.43 Å². The van der Waals surface area contributed by atoms with Gasteiger partial charge < -0.3 is 5.11 Å². The molecule has 0 aliphatic carbocycles. The topological polar surface area (TPSA) is 75.3 Å². The number of phenols is 1. The molecule has 0 aliphatic rings. The van der Waals surface area contributed by atoms with Crippen molar-refractivity contribution in [3.63, 3.8) is 0 Å². The van der Waals surface area contributed by atoms with Gasteiger partial charge in [-0.3, -0.25) is 10.2 Å². The molecule has 1 amide bonds. The van der Waals surface area contributed by atoms with Crippen LogP contribution in [-0.4, -0.2) is 11.0 Å². The van der Waals surface area contributed by atoms with Crippen molar-refractivity contribution < 1.29 is 9.90 Å². The van der Waals surface area contributed by atoms with Crippen LogP contribution in [-0.2, 0) is 17.0 Å². The number of rotatable bonds is 5. The highest BCUT2D eigenvalue weighted by Gasteiger charge is 2.07. The fraction of sp³-hybridized carbons (Fsp3) is 0.133. The van der Waals surface area contributed by atoms with Gasteiger partial charge in [-0.2, -0.15) is 0 Å². The number of benzene rings is 2. The van der Waals surface area contributed by atoms with Crippen LogP contribution in [0.15, 0.2) is 53.4 Å². The molecule has 5 heteroatoms. The number of amides is 1. The Morgan fingerprint density at radius 2 is 1.75 bits per heavy atom.